The van der Waals surface area contributed by atoms with Crippen molar-refractivity contribution in [3.63, 3.8) is 0 Å². The molecule has 3 aromatic heterocycles. The molecule has 0 aliphatic carbocycles. The topological polar surface area (TPSA) is 196 Å². The van der Waals surface area contributed by atoms with Gasteiger partial charge in [0.05, 0.1) is 17.5 Å². The number of hydrogen-bond donors (Lipinski definition) is 4. The Morgan fingerprint density at radius 1 is 0.787 bits per heavy atom. The minimum Gasteiger partial charge on any atom is -0.479 e. The van der Waals surface area contributed by atoms with Crippen molar-refractivity contribution in [2.45, 2.75) is 51.7 Å². The van der Waals surface area contributed by atoms with Gasteiger partial charge in [0, 0.05) is 62.7 Å². The molecule has 6 aromatic rings. The maximum Gasteiger partial charge on any atom is 0.416 e. The second-order valence-electron chi connectivity index (χ2n) is 14.1. The molecule has 3 heterocycles. The smallest absolute Gasteiger partial charge is 0.416 e. The van der Waals surface area contributed by atoms with Gasteiger partial charge < -0.3 is 34.8 Å². The molecule has 0 aliphatic rings. The Hall–Kier alpha value is -6.63. The number of aliphatic carboxylic acids is 2. The van der Waals surface area contributed by atoms with Gasteiger partial charge in [0.25, 0.3) is 5.56 Å². The number of aryl methyl sites for hydroxylation is 1. The summed E-state index contributed by atoms with van der Waals surface area (Å²) >= 11 is 0. The molecule has 0 saturated carbocycles. The van der Waals surface area contributed by atoms with E-state index in [1.54, 1.807) is 21.6 Å². The lowest BCUT2D eigenvalue weighted by Gasteiger charge is -2.27. The van der Waals surface area contributed by atoms with Crippen LogP contribution in [0.4, 0.5) is 13.2 Å². The first kappa shape index (κ1) is 45.5. The highest BCUT2D eigenvalue weighted by Crippen LogP contribution is 2.31. The molecule has 3 aromatic carbocycles. The van der Waals surface area contributed by atoms with E-state index in [9.17, 15) is 32.3 Å². The van der Waals surface area contributed by atoms with Crippen molar-refractivity contribution in [1.29, 1.82) is 0 Å². The van der Waals surface area contributed by atoms with Gasteiger partial charge in [-0.2, -0.15) is 27.9 Å². The van der Waals surface area contributed by atoms with Gasteiger partial charge in [-0.1, -0.05) is 80.6 Å². The minimum absolute atomic E-state index is 0.0222. The van der Waals surface area contributed by atoms with E-state index in [2.05, 4.69) is 28.9 Å². The van der Waals surface area contributed by atoms with Crippen LogP contribution in [-0.4, -0.2) is 110 Å². The summed E-state index contributed by atoms with van der Waals surface area (Å²) in [6, 6.07) is 24.0. The van der Waals surface area contributed by atoms with Gasteiger partial charge in [0.15, 0.2) is 12.2 Å². The molecule has 0 fully saturated rings. The third-order valence-corrected chi connectivity index (χ3v) is 9.90. The number of aromatic nitrogens is 5. The fraction of sp³-hybridized carbons (Fsp3) is 0.302. The molecule has 0 spiro atoms. The standard InChI is InChI=1S/C39H40F3N7O2.C4H6O6/c1-4-46(5-2)19-20-47(25-28-11-13-30(14-12-28)31-15-17-34(18-16-31)39(40,41)42)37(50)27-48-26-33(21-29-23-43-45(3)24-29)38(51)49-36(48)22-35(44-49)32-9-7-6-8-10-32;5-1(3(7)8)2(6)4(9)10/h6-18,22-24,26H,4-5,19-21,25,27H2,1-3H3;1-2,5-6H,(H,7,8)(H,9,10). The van der Waals surface area contributed by atoms with Crippen LogP contribution in [0.2, 0.25) is 0 Å². The predicted molar refractivity (Wildman–Crippen MR) is 218 cm³/mol. The third-order valence-electron chi connectivity index (χ3n) is 9.90. The normalized spacial score (nSPS) is 12.5. The lowest BCUT2D eigenvalue weighted by molar-refractivity contribution is -0.165. The number of likely N-dealkylation sites (N-methyl/N-ethyl adjacent to an activating group) is 1. The predicted octanol–water partition coefficient (Wildman–Crippen LogP) is 4.42. The molecule has 61 heavy (non-hydrogen) atoms. The van der Waals surface area contributed by atoms with Gasteiger partial charge in [-0.3, -0.25) is 14.3 Å². The largest absolute Gasteiger partial charge is 0.479 e. The number of nitrogens with zero attached hydrogens (tertiary/aromatic N) is 7. The van der Waals surface area contributed by atoms with Crippen molar-refractivity contribution in [1.82, 2.24) is 33.8 Å². The Kier molecular flexibility index (Phi) is 15.0. The Balaban J connectivity index is 0.000000626. The van der Waals surface area contributed by atoms with E-state index in [0.29, 0.717) is 48.5 Å². The van der Waals surface area contributed by atoms with Crippen LogP contribution in [0.15, 0.2) is 108 Å². The van der Waals surface area contributed by atoms with Crippen LogP contribution in [0.5, 0.6) is 0 Å². The number of alkyl halides is 3. The lowest BCUT2D eigenvalue weighted by atomic mass is 10.0. The quantitative estimate of drug-likeness (QED) is 0.108. The zero-order chi connectivity index (χ0) is 44.4. The molecule has 18 heteroatoms. The van der Waals surface area contributed by atoms with E-state index in [1.165, 1.54) is 16.6 Å². The number of aliphatic hydroxyl groups excluding tert-OH is 2. The first-order valence-electron chi connectivity index (χ1n) is 19.2. The van der Waals surface area contributed by atoms with E-state index in [-0.39, 0.29) is 18.0 Å². The average molecular weight is 846 g/mol. The Morgan fingerprint density at radius 3 is 1.90 bits per heavy atom. The molecule has 1 amide bonds. The maximum absolute atomic E-state index is 14.3. The number of carbonyl (C=O) groups excluding carboxylic acids is 1. The molecular formula is C43H46F3N7O8. The number of fused-ring (bicyclic) bond motifs is 1. The molecule has 322 valence electrons. The Bertz CT molecular complexity index is 2460. The van der Waals surface area contributed by atoms with Gasteiger partial charge in [-0.25, -0.2) is 9.59 Å². The summed E-state index contributed by atoms with van der Waals surface area (Å²) in [4.78, 5) is 51.6. The van der Waals surface area contributed by atoms with E-state index in [0.717, 1.165) is 47.5 Å². The van der Waals surface area contributed by atoms with Crippen molar-refractivity contribution >= 4 is 23.5 Å². The molecule has 15 nitrogen and oxygen atoms in total. The molecule has 0 radical (unpaired) electrons. The van der Waals surface area contributed by atoms with Crippen LogP contribution in [0.3, 0.4) is 0 Å². The van der Waals surface area contributed by atoms with Crippen LogP contribution in [0.25, 0.3) is 28.0 Å². The third kappa shape index (κ3) is 11.8. The second-order valence-corrected chi connectivity index (χ2v) is 14.1. The molecule has 2 unspecified atom stereocenters. The zero-order valence-electron chi connectivity index (χ0n) is 33.6. The number of carboxylic acids is 2. The molecule has 2 atom stereocenters. The Labute approximate surface area is 348 Å². The van der Waals surface area contributed by atoms with E-state index < -0.39 is 35.9 Å². The summed E-state index contributed by atoms with van der Waals surface area (Å²) in [6.45, 7) is 7.33. The van der Waals surface area contributed by atoms with Crippen LogP contribution < -0.4 is 5.56 Å². The Morgan fingerprint density at radius 2 is 1.38 bits per heavy atom. The highest BCUT2D eigenvalue weighted by atomic mass is 19.4. The number of amides is 1. The second kappa shape index (κ2) is 20.1. The van der Waals surface area contributed by atoms with Crippen molar-refractivity contribution < 1.29 is 48.0 Å². The van der Waals surface area contributed by atoms with Crippen LogP contribution >= 0.6 is 0 Å². The molecule has 6 rings (SSSR count). The summed E-state index contributed by atoms with van der Waals surface area (Å²) in [6.07, 6.45) is -3.28. The molecular weight excluding hydrogens is 800 g/mol. The number of hydrogen-bond acceptors (Lipinski definition) is 9. The molecule has 0 aliphatic heterocycles. The summed E-state index contributed by atoms with van der Waals surface area (Å²) < 4.78 is 44.1. The fourth-order valence-corrected chi connectivity index (χ4v) is 6.44. The van der Waals surface area contributed by atoms with Gasteiger partial charge in [0.1, 0.15) is 12.2 Å². The first-order chi connectivity index (χ1) is 29.0. The first-order valence-corrected chi connectivity index (χ1v) is 19.2. The number of aliphatic hydroxyl groups is 2. The SMILES string of the molecule is CCN(CC)CCN(Cc1ccc(-c2ccc(C(F)(F)F)cc2)cc1)C(=O)Cn1cc(Cc2cnn(C)c2)c(=O)n2nc(-c3ccccc3)cc12.O=C(O)C(O)C(O)C(=O)O. The molecule has 0 bridgehead atoms. The summed E-state index contributed by atoms with van der Waals surface area (Å²) in [5.41, 5.74) is 4.72. The van der Waals surface area contributed by atoms with E-state index in [4.69, 9.17) is 20.4 Å². The number of carbonyl (C=O) groups is 3. The lowest BCUT2D eigenvalue weighted by Crippen LogP contribution is -2.40. The van der Waals surface area contributed by atoms with Crippen molar-refractivity contribution in [2.75, 3.05) is 26.2 Å². The summed E-state index contributed by atoms with van der Waals surface area (Å²) in [5, 5.41) is 41.4. The van der Waals surface area contributed by atoms with Crippen LogP contribution in [0.1, 0.15) is 36.1 Å². The van der Waals surface area contributed by atoms with Crippen molar-refractivity contribution in [3.05, 3.63) is 136 Å². The maximum atomic E-state index is 14.3. The zero-order valence-corrected chi connectivity index (χ0v) is 33.6. The van der Waals surface area contributed by atoms with Crippen molar-refractivity contribution in [3.8, 4) is 22.4 Å². The summed E-state index contributed by atoms with van der Waals surface area (Å²) in [7, 11) is 1.82. The van der Waals surface area contributed by atoms with Gasteiger partial charge in [-0.05, 0) is 47.5 Å². The van der Waals surface area contributed by atoms with Gasteiger partial charge in [-0.15, -0.1) is 0 Å². The fourth-order valence-electron chi connectivity index (χ4n) is 6.44. The highest BCUT2D eigenvalue weighted by Gasteiger charge is 2.30. The van der Waals surface area contributed by atoms with E-state index >= 15 is 0 Å². The van der Waals surface area contributed by atoms with Gasteiger partial charge >= 0.3 is 18.1 Å². The van der Waals surface area contributed by atoms with E-state index in [1.807, 2.05) is 78.8 Å². The number of benzene rings is 3. The molecule has 0 saturated heterocycles. The number of rotatable bonds is 16. The van der Waals surface area contributed by atoms with Gasteiger partial charge in [0.2, 0.25) is 5.91 Å². The highest BCUT2D eigenvalue weighted by molar-refractivity contribution is 5.83. The van der Waals surface area contributed by atoms with Crippen LogP contribution in [-0.2, 0) is 47.1 Å². The number of carboxylic acid groups (broad SMARTS) is 2. The molecule has 4 N–H and O–H groups in total. The minimum atomic E-state index is -4.40. The number of halogens is 3. The van der Waals surface area contributed by atoms with Crippen LogP contribution in [0, 0.1) is 0 Å². The monoisotopic (exact) mass is 845 g/mol. The van der Waals surface area contributed by atoms with Crippen molar-refractivity contribution in [2.24, 2.45) is 7.05 Å². The average Bonchev–Trinajstić information content (AvgIpc) is 3.89. The summed E-state index contributed by atoms with van der Waals surface area (Å²) in [5.74, 6) is -3.67.